The summed E-state index contributed by atoms with van der Waals surface area (Å²) < 4.78 is 5.09. The molecule has 0 saturated carbocycles. The van der Waals surface area contributed by atoms with Crippen molar-refractivity contribution in [2.45, 2.75) is 90.9 Å². The zero-order valence-corrected chi connectivity index (χ0v) is 16.4. The third kappa shape index (κ3) is 11.7. The van der Waals surface area contributed by atoms with Gasteiger partial charge in [-0.2, -0.15) is 0 Å². The van der Waals surface area contributed by atoms with E-state index in [1.165, 1.54) is 38.5 Å². The topological polar surface area (TPSA) is 43.4 Å². The van der Waals surface area contributed by atoms with Crippen molar-refractivity contribution >= 4 is 11.9 Å². The van der Waals surface area contributed by atoms with Gasteiger partial charge in [0.05, 0.1) is 11.8 Å². The first-order valence-corrected chi connectivity index (χ1v) is 10.1. The predicted octanol–water partition coefficient (Wildman–Crippen LogP) is 6.38. The lowest BCUT2D eigenvalue weighted by Crippen LogP contribution is -2.24. The molecule has 0 aliphatic heterocycles. The van der Waals surface area contributed by atoms with Crippen LogP contribution in [0.25, 0.3) is 0 Å². The van der Waals surface area contributed by atoms with Crippen LogP contribution in [0.2, 0.25) is 0 Å². The van der Waals surface area contributed by atoms with E-state index in [0.717, 1.165) is 25.7 Å². The molecule has 3 heteroatoms. The van der Waals surface area contributed by atoms with Gasteiger partial charge in [-0.05, 0) is 12.8 Å². The first-order chi connectivity index (χ1) is 12.1. The van der Waals surface area contributed by atoms with E-state index in [2.05, 4.69) is 27.0 Å². The van der Waals surface area contributed by atoms with Crippen LogP contribution in [0.15, 0.2) is 25.3 Å². The third-order valence-corrected chi connectivity index (χ3v) is 4.61. The quantitative estimate of drug-likeness (QED) is 0.140. The van der Waals surface area contributed by atoms with Gasteiger partial charge in [-0.3, -0.25) is 9.59 Å². The highest BCUT2D eigenvalue weighted by Gasteiger charge is 2.23. The minimum atomic E-state index is -0.465. The molecule has 2 unspecified atom stereocenters. The number of carbonyl (C=O) groups excluding carboxylic acids is 2. The zero-order chi connectivity index (χ0) is 18.9. The van der Waals surface area contributed by atoms with E-state index in [1.54, 1.807) is 12.2 Å². The summed E-state index contributed by atoms with van der Waals surface area (Å²) in [5.74, 6) is -1.71. The van der Waals surface area contributed by atoms with Gasteiger partial charge in [-0.25, -0.2) is 0 Å². The summed E-state index contributed by atoms with van der Waals surface area (Å²) >= 11 is 0. The van der Waals surface area contributed by atoms with E-state index in [4.69, 9.17) is 4.74 Å². The van der Waals surface area contributed by atoms with Crippen LogP contribution in [0.1, 0.15) is 90.9 Å². The molecule has 3 nitrogen and oxygen atoms in total. The molecular weight excluding hydrogens is 312 g/mol. The second-order valence-electron chi connectivity index (χ2n) is 6.83. The molecular formula is C22H38O3. The number of carbonyl (C=O) groups is 2. The Bertz CT molecular complexity index is 351. The van der Waals surface area contributed by atoms with Crippen molar-refractivity contribution in [1.82, 2.24) is 0 Å². The standard InChI is InChI=1S/C22H38O3/c1-5-9-11-13-15-17-19(7-3)21(23)25-22(24)20(8-4)18-16-14-12-10-6-2/h7-8,19-20H,3-6,9-18H2,1-2H3. The van der Waals surface area contributed by atoms with Crippen molar-refractivity contribution in [2.75, 3.05) is 0 Å². The molecule has 0 aromatic carbocycles. The van der Waals surface area contributed by atoms with Crippen LogP contribution in [0.3, 0.4) is 0 Å². The van der Waals surface area contributed by atoms with Crippen molar-refractivity contribution in [2.24, 2.45) is 11.8 Å². The number of hydrogen-bond acceptors (Lipinski definition) is 3. The summed E-state index contributed by atoms with van der Waals surface area (Å²) in [7, 11) is 0. The Morgan fingerprint density at radius 2 is 1.08 bits per heavy atom. The minimum Gasteiger partial charge on any atom is -0.392 e. The van der Waals surface area contributed by atoms with Crippen LogP contribution in [-0.4, -0.2) is 11.9 Å². The second-order valence-corrected chi connectivity index (χ2v) is 6.83. The summed E-state index contributed by atoms with van der Waals surface area (Å²) in [4.78, 5) is 24.4. The maximum Gasteiger partial charge on any atom is 0.320 e. The largest absolute Gasteiger partial charge is 0.392 e. The lowest BCUT2D eigenvalue weighted by molar-refractivity contribution is -0.163. The van der Waals surface area contributed by atoms with E-state index in [9.17, 15) is 9.59 Å². The molecule has 144 valence electrons. The lowest BCUT2D eigenvalue weighted by Gasteiger charge is -2.14. The van der Waals surface area contributed by atoms with E-state index in [1.807, 2.05) is 0 Å². The monoisotopic (exact) mass is 350 g/mol. The van der Waals surface area contributed by atoms with Gasteiger partial charge in [-0.1, -0.05) is 90.2 Å². The normalized spacial score (nSPS) is 13.0. The maximum atomic E-state index is 12.2. The fourth-order valence-corrected chi connectivity index (χ4v) is 2.85. The summed E-state index contributed by atoms with van der Waals surface area (Å²) in [6, 6.07) is 0. The second kappa shape index (κ2) is 16.1. The van der Waals surface area contributed by atoms with Crippen molar-refractivity contribution < 1.29 is 14.3 Å². The maximum absolute atomic E-state index is 12.2. The molecule has 0 rings (SSSR count). The number of hydrogen-bond donors (Lipinski definition) is 0. The number of unbranched alkanes of at least 4 members (excludes halogenated alkanes) is 8. The minimum absolute atomic E-state index is 0.388. The van der Waals surface area contributed by atoms with Crippen molar-refractivity contribution in [3.8, 4) is 0 Å². The van der Waals surface area contributed by atoms with Gasteiger partial charge < -0.3 is 4.74 Å². The summed E-state index contributed by atoms with van der Waals surface area (Å²) in [6.07, 6.45) is 15.9. The van der Waals surface area contributed by atoms with Crippen molar-refractivity contribution in [3.63, 3.8) is 0 Å². The molecule has 0 bridgehead atoms. The summed E-state index contributed by atoms with van der Waals surface area (Å²) in [5, 5.41) is 0. The molecule has 0 aromatic heterocycles. The average molecular weight is 351 g/mol. The Morgan fingerprint density at radius 3 is 1.40 bits per heavy atom. The lowest BCUT2D eigenvalue weighted by atomic mass is 9.99. The highest BCUT2D eigenvalue weighted by molar-refractivity contribution is 5.89. The van der Waals surface area contributed by atoms with Gasteiger partial charge in [0.1, 0.15) is 0 Å². The third-order valence-electron chi connectivity index (χ3n) is 4.61. The van der Waals surface area contributed by atoms with Gasteiger partial charge in [-0.15, -0.1) is 13.2 Å². The molecule has 0 N–H and O–H groups in total. The van der Waals surface area contributed by atoms with Gasteiger partial charge in [0, 0.05) is 0 Å². The number of ether oxygens (including phenoxy) is 1. The Kier molecular flexibility index (Phi) is 15.2. The Hall–Kier alpha value is -1.38. The van der Waals surface area contributed by atoms with E-state index >= 15 is 0 Å². The first-order valence-electron chi connectivity index (χ1n) is 10.1. The highest BCUT2D eigenvalue weighted by atomic mass is 16.6. The predicted molar refractivity (Wildman–Crippen MR) is 105 cm³/mol. The first kappa shape index (κ1) is 23.6. The van der Waals surface area contributed by atoms with Crippen molar-refractivity contribution in [3.05, 3.63) is 25.3 Å². The van der Waals surface area contributed by atoms with Crippen molar-refractivity contribution in [1.29, 1.82) is 0 Å². The molecule has 0 aliphatic rings. The fourth-order valence-electron chi connectivity index (χ4n) is 2.85. The molecule has 0 aliphatic carbocycles. The summed E-state index contributed by atoms with van der Waals surface area (Å²) in [5.41, 5.74) is 0. The van der Waals surface area contributed by atoms with E-state index in [-0.39, 0.29) is 11.8 Å². The number of rotatable bonds is 16. The Balaban J connectivity index is 4.20. The van der Waals surface area contributed by atoms with Gasteiger partial charge in [0.25, 0.3) is 0 Å². The number of esters is 2. The molecule has 0 fully saturated rings. The van der Waals surface area contributed by atoms with E-state index < -0.39 is 11.9 Å². The molecule has 2 atom stereocenters. The molecule has 25 heavy (non-hydrogen) atoms. The molecule has 0 saturated heterocycles. The van der Waals surface area contributed by atoms with Gasteiger partial charge >= 0.3 is 11.9 Å². The van der Waals surface area contributed by atoms with Crippen LogP contribution in [0.5, 0.6) is 0 Å². The van der Waals surface area contributed by atoms with Gasteiger partial charge in [0.15, 0.2) is 0 Å². The van der Waals surface area contributed by atoms with Crippen LogP contribution in [0.4, 0.5) is 0 Å². The summed E-state index contributed by atoms with van der Waals surface area (Å²) in [6.45, 7) is 11.8. The zero-order valence-electron chi connectivity index (χ0n) is 16.4. The fraction of sp³-hybridized carbons (Fsp3) is 0.727. The molecule has 0 heterocycles. The van der Waals surface area contributed by atoms with Gasteiger partial charge in [0.2, 0.25) is 0 Å². The Morgan fingerprint density at radius 1 is 0.720 bits per heavy atom. The molecule has 0 aromatic rings. The molecule has 0 spiro atoms. The SMILES string of the molecule is C=CC(CCCCCCC)C(=O)OC(=O)C(C=C)CCCCCCC. The highest BCUT2D eigenvalue weighted by Crippen LogP contribution is 2.18. The molecule has 0 amide bonds. The van der Waals surface area contributed by atoms with Crippen LogP contribution >= 0.6 is 0 Å². The van der Waals surface area contributed by atoms with Crippen LogP contribution in [0, 0.1) is 11.8 Å². The van der Waals surface area contributed by atoms with Crippen LogP contribution < -0.4 is 0 Å². The van der Waals surface area contributed by atoms with Crippen LogP contribution in [-0.2, 0) is 14.3 Å². The van der Waals surface area contributed by atoms with E-state index in [0.29, 0.717) is 12.8 Å². The average Bonchev–Trinajstić information content (AvgIpc) is 2.61. The smallest absolute Gasteiger partial charge is 0.320 e. The Labute approximate surface area is 154 Å². The molecule has 0 radical (unpaired) electrons.